The number of anilines is 1. The number of rotatable bonds is 8. The second-order valence-corrected chi connectivity index (χ2v) is 11.8. The van der Waals surface area contributed by atoms with E-state index in [9.17, 15) is 27.7 Å². The Kier molecular flexibility index (Phi) is 6.96. The fourth-order valence-electron chi connectivity index (χ4n) is 4.86. The highest BCUT2D eigenvalue weighted by molar-refractivity contribution is 7.92. The number of nitrogens with zero attached hydrogens (tertiary/aromatic N) is 3. The number of aryl methyl sites for hydroxylation is 1. The second-order valence-electron chi connectivity index (χ2n) is 9.86. The maximum absolute atomic E-state index is 13.6. The normalized spacial score (nSPS) is 13.5. The molecule has 1 saturated carbocycles. The van der Waals surface area contributed by atoms with Crippen molar-refractivity contribution in [3.05, 3.63) is 82.8 Å². The molecule has 0 saturated heterocycles. The van der Waals surface area contributed by atoms with Crippen LogP contribution in [-0.2, 0) is 16.6 Å². The van der Waals surface area contributed by atoms with E-state index in [2.05, 4.69) is 10.4 Å². The minimum atomic E-state index is -3.76. The molecule has 0 radical (unpaired) electrons. The van der Waals surface area contributed by atoms with E-state index in [0.29, 0.717) is 44.6 Å². The second kappa shape index (κ2) is 10.1. The van der Waals surface area contributed by atoms with Crippen molar-refractivity contribution in [1.82, 2.24) is 14.9 Å². The Morgan fingerprint density at radius 3 is 2.44 bits per heavy atom. The number of amides is 1. The molecule has 1 aliphatic rings. The van der Waals surface area contributed by atoms with E-state index in [-0.39, 0.29) is 18.4 Å². The van der Waals surface area contributed by atoms with Crippen molar-refractivity contribution >= 4 is 39.7 Å². The van der Waals surface area contributed by atoms with Gasteiger partial charge in [0.25, 0.3) is 5.91 Å². The van der Waals surface area contributed by atoms with Gasteiger partial charge in [-0.05, 0) is 72.6 Å². The van der Waals surface area contributed by atoms with Crippen LogP contribution in [0.4, 0.5) is 10.1 Å². The molecule has 39 heavy (non-hydrogen) atoms. The first-order valence-corrected chi connectivity index (χ1v) is 14.3. The molecule has 9 nitrogen and oxygen atoms in total. The van der Waals surface area contributed by atoms with Crippen LogP contribution in [0, 0.1) is 12.7 Å². The maximum atomic E-state index is 13.6. The third-order valence-corrected chi connectivity index (χ3v) is 8.10. The predicted molar refractivity (Wildman–Crippen MR) is 148 cm³/mol. The molecule has 1 fully saturated rings. The smallest absolute Gasteiger partial charge is 0.423 e. The van der Waals surface area contributed by atoms with Crippen LogP contribution in [0.1, 0.15) is 45.8 Å². The third-order valence-electron chi connectivity index (χ3n) is 6.98. The SMILES string of the molecule is CNC(=O)c1c(-c2ccc(F)cc2)nn2cc(N(Cc3ccc(B(O)O)c(C)c3)S(C)(=O)=O)c(C3CC3)cc12. The maximum Gasteiger partial charge on any atom is 0.488 e. The first-order valence-electron chi connectivity index (χ1n) is 12.5. The van der Waals surface area contributed by atoms with E-state index in [1.807, 2.05) is 6.07 Å². The van der Waals surface area contributed by atoms with Crippen molar-refractivity contribution in [3.63, 3.8) is 0 Å². The number of fused-ring (bicyclic) bond motifs is 1. The zero-order valence-electron chi connectivity index (χ0n) is 21.7. The fourth-order valence-corrected chi connectivity index (χ4v) is 5.75. The molecule has 2 aromatic heterocycles. The number of halogens is 1. The molecular weight excluding hydrogens is 522 g/mol. The molecular formula is C27H28BFN4O5S. The molecule has 2 heterocycles. The van der Waals surface area contributed by atoms with Gasteiger partial charge in [0.2, 0.25) is 10.0 Å². The first kappa shape index (κ1) is 26.9. The summed E-state index contributed by atoms with van der Waals surface area (Å²) in [5.74, 6) is -0.645. The summed E-state index contributed by atoms with van der Waals surface area (Å²) in [6, 6.07) is 12.5. The molecule has 202 valence electrons. The summed E-state index contributed by atoms with van der Waals surface area (Å²) in [5.41, 5.74) is 4.62. The summed E-state index contributed by atoms with van der Waals surface area (Å²) in [4.78, 5) is 13.0. The van der Waals surface area contributed by atoms with Gasteiger partial charge in [-0.15, -0.1) is 0 Å². The average molecular weight is 550 g/mol. The van der Waals surface area contributed by atoms with Crippen LogP contribution in [0.5, 0.6) is 0 Å². The van der Waals surface area contributed by atoms with E-state index >= 15 is 0 Å². The number of hydrogen-bond donors (Lipinski definition) is 3. The number of nitrogens with one attached hydrogen (secondary N) is 1. The Morgan fingerprint density at radius 1 is 1.18 bits per heavy atom. The highest BCUT2D eigenvalue weighted by Crippen LogP contribution is 2.46. The molecule has 1 amide bonds. The van der Waals surface area contributed by atoms with Gasteiger partial charge in [0, 0.05) is 12.6 Å². The lowest BCUT2D eigenvalue weighted by atomic mass is 9.77. The van der Waals surface area contributed by atoms with E-state index in [0.717, 1.165) is 24.7 Å². The molecule has 1 aliphatic carbocycles. The number of pyridine rings is 1. The topological polar surface area (TPSA) is 124 Å². The highest BCUT2D eigenvalue weighted by atomic mass is 32.2. The molecule has 5 rings (SSSR count). The summed E-state index contributed by atoms with van der Waals surface area (Å²) in [6.45, 7) is 1.74. The summed E-state index contributed by atoms with van der Waals surface area (Å²) in [7, 11) is -3.87. The lowest BCUT2D eigenvalue weighted by molar-refractivity contribution is 0.0965. The number of carbonyl (C=O) groups excluding carboxylic acids is 1. The summed E-state index contributed by atoms with van der Waals surface area (Å²) in [5, 5.41) is 26.4. The van der Waals surface area contributed by atoms with Crippen LogP contribution >= 0.6 is 0 Å². The van der Waals surface area contributed by atoms with Gasteiger partial charge in [0.1, 0.15) is 11.5 Å². The van der Waals surface area contributed by atoms with E-state index in [1.54, 1.807) is 43.5 Å². The molecule has 0 unspecified atom stereocenters. The molecule has 4 aromatic rings. The molecule has 2 aromatic carbocycles. The van der Waals surface area contributed by atoms with Gasteiger partial charge in [-0.2, -0.15) is 5.10 Å². The van der Waals surface area contributed by atoms with Crippen LogP contribution in [0.15, 0.2) is 54.7 Å². The van der Waals surface area contributed by atoms with Gasteiger partial charge in [0.05, 0.1) is 35.8 Å². The molecule has 0 aliphatic heterocycles. The van der Waals surface area contributed by atoms with Crippen molar-refractivity contribution < 1.29 is 27.7 Å². The van der Waals surface area contributed by atoms with Gasteiger partial charge < -0.3 is 15.4 Å². The number of sulfonamides is 1. The predicted octanol–water partition coefficient (Wildman–Crippen LogP) is 2.33. The number of carbonyl (C=O) groups is 1. The molecule has 0 spiro atoms. The first-order chi connectivity index (χ1) is 18.5. The van der Waals surface area contributed by atoms with Crippen LogP contribution in [0.2, 0.25) is 0 Å². The van der Waals surface area contributed by atoms with Gasteiger partial charge in [-0.25, -0.2) is 17.3 Å². The molecule has 12 heteroatoms. The van der Waals surface area contributed by atoms with Crippen molar-refractivity contribution in [1.29, 1.82) is 0 Å². The minimum absolute atomic E-state index is 0.0150. The Hall–Kier alpha value is -3.74. The van der Waals surface area contributed by atoms with E-state index in [4.69, 9.17) is 0 Å². The van der Waals surface area contributed by atoms with Gasteiger partial charge >= 0.3 is 7.12 Å². The Bertz CT molecular complexity index is 1680. The Morgan fingerprint density at radius 2 is 1.87 bits per heavy atom. The lowest BCUT2D eigenvalue weighted by Gasteiger charge is -2.26. The lowest BCUT2D eigenvalue weighted by Crippen LogP contribution is -2.33. The van der Waals surface area contributed by atoms with E-state index in [1.165, 1.54) is 28.0 Å². The third kappa shape index (κ3) is 5.27. The number of benzene rings is 2. The van der Waals surface area contributed by atoms with Gasteiger partial charge in [0.15, 0.2) is 0 Å². The van der Waals surface area contributed by atoms with Crippen molar-refractivity contribution in [3.8, 4) is 11.3 Å². The van der Waals surface area contributed by atoms with Gasteiger partial charge in [-0.1, -0.05) is 23.8 Å². The quantitative estimate of drug-likeness (QED) is 0.290. The zero-order chi connectivity index (χ0) is 28.1. The van der Waals surface area contributed by atoms with Crippen molar-refractivity contribution in [2.45, 2.75) is 32.2 Å². The minimum Gasteiger partial charge on any atom is -0.423 e. The summed E-state index contributed by atoms with van der Waals surface area (Å²) < 4.78 is 42.7. The molecule has 0 atom stereocenters. The summed E-state index contributed by atoms with van der Waals surface area (Å²) >= 11 is 0. The largest absolute Gasteiger partial charge is 0.488 e. The standard InChI is InChI=1S/C27H28BFN4O5S/c1-16-12-17(4-11-22(16)28(35)36)14-33(39(3,37)38)24-15-32-23(13-21(24)18-5-6-18)25(27(34)30-2)26(31-32)19-7-9-20(29)10-8-19/h4,7-13,15,18,35-36H,5-6,14H2,1-3H3,(H,30,34). The number of aromatic nitrogens is 2. The number of hydrogen-bond acceptors (Lipinski definition) is 6. The Labute approximate surface area is 226 Å². The van der Waals surface area contributed by atoms with Crippen LogP contribution in [-0.4, -0.2) is 54.4 Å². The zero-order valence-corrected chi connectivity index (χ0v) is 22.5. The fraction of sp³-hybridized carbons (Fsp3) is 0.259. The van der Waals surface area contributed by atoms with Crippen LogP contribution in [0.25, 0.3) is 16.8 Å². The van der Waals surface area contributed by atoms with Crippen molar-refractivity contribution in [2.24, 2.45) is 0 Å². The monoisotopic (exact) mass is 550 g/mol. The van der Waals surface area contributed by atoms with Gasteiger partial charge in [-0.3, -0.25) is 9.10 Å². The van der Waals surface area contributed by atoms with Crippen LogP contribution in [0.3, 0.4) is 0 Å². The van der Waals surface area contributed by atoms with Crippen LogP contribution < -0.4 is 15.1 Å². The van der Waals surface area contributed by atoms with Crippen molar-refractivity contribution in [2.75, 3.05) is 17.6 Å². The highest BCUT2D eigenvalue weighted by Gasteiger charge is 2.33. The summed E-state index contributed by atoms with van der Waals surface area (Å²) in [6.07, 6.45) is 4.53. The average Bonchev–Trinajstić information content (AvgIpc) is 3.66. The van der Waals surface area contributed by atoms with E-state index < -0.39 is 23.0 Å². The molecule has 0 bridgehead atoms. The molecule has 3 N–H and O–H groups in total. The Balaban J connectivity index is 1.69.